The Morgan fingerprint density at radius 1 is 0.927 bits per heavy atom. The maximum absolute atomic E-state index is 11.9. The summed E-state index contributed by atoms with van der Waals surface area (Å²) in [6, 6.07) is 15.1. The molecule has 2 atom stereocenters. The molecule has 2 aliphatic carbocycles. The molecule has 294 valence electrons. The van der Waals surface area contributed by atoms with Gasteiger partial charge in [0.05, 0.1) is 23.6 Å². The van der Waals surface area contributed by atoms with Crippen molar-refractivity contribution in [3.63, 3.8) is 0 Å². The Labute approximate surface area is 310 Å². The average molecular weight is 806 g/mol. The van der Waals surface area contributed by atoms with Crippen LogP contribution in [-0.4, -0.2) is 87.7 Å². The van der Waals surface area contributed by atoms with Gasteiger partial charge in [0.15, 0.2) is 16.7 Å². The summed E-state index contributed by atoms with van der Waals surface area (Å²) in [5, 5.41) is 50.5. The molecule has 3 aromatic heterocycles. The average Bonchev–Trinajstić information content (AvgIpc) is 3.88. The highest BCUT2D eigenvalue weighted by molar-refractivity contribution is 7.89. The molecular weight excluding hydrogens is 771 g/mol. The summed E-state index contributed by atoms with van der Waals surface area (Å²) in [5.74, 6) is -1.20. The van der Waals surface area contributed by atoms with Crippen LogP contribution in [0.5, 0.6) is 0 Å². The summed E-state index contributed by atoms with van der Waals surface area (Å²) in [6.45, 7) is 0.666. The van der Waals surface area contributed by atoms with Crippen LogP contribution in [0, 0.1) is 10.1 Å². The van der Waals surface area contributed by atoms with E-state index >= 15 is 0 Å². The number of nitrogens with two attached hydrogens (primary N) is 3. The van der Waals surface area contributed by atoms with E-state index in [1.165, 1.54) is 10.1 Å². The number of hydrogen-bond donors (Lipinski definition) is 6. The van der Waals surface area contributed by atoms with Gasteiger partial charge in [0.1, 0.15) is 0 Å². The van der Waals surface area contributed by atoms with E-state index in [0.29, 0.717) is 32.4 Å². The number of hydrogen-bond acceptors (Lipinski definition) is 19. The first kappa shape index (κ1) is 40.3. The van der Waals surface area contributed by atoms with Crippen molar-refractivity contribution < 1.29 is 40.7 Å². The molecule has 0 radical (unpaired) electrons. The molecule has 3 heterocycles. The number of hydroxylamine groups is 1. The van der Waals surface area contributed by atoms with Crippen molar-refractivity contribution in [2.45, 2.75) is 37.8 Å². The summed E-state index contributed by atoms with van der Waals surface area (Å²) in [5.41, 5.74) is 11.4. The van der Waals surface area contributed by atoms with Crippen LogP contribution in [-0.2, 0) is 32.9 Å². The van der Waals surface area contributed by atoms with Gasteiger partial charge in [-0.3, -0.25) is 20.2 Å². The predicted molar refractivity (Wildman–Crippen MR) is 190 cm³/mol. The summed E-state index contributed by atoms with van der Waals surface area (Å²) in [7, 11) is -6.78. The predicted octanol–water partition coefficient (Wildman–Crippen LogP) is -0.253. The number of amidine groups is 1. The monoisotopic (exact) mass is 805 g/mol. The lowest BCUT2D eigenvalue weighted by Gasteiger charge is -2.30. The highest BCUT2D eigenvalue weighted by Gasteiger charge is 2.36. The first-order valence-corrected chi connectivity index (χ1v) is 19.6. The van der Waals surface area contributed by atoms with Crippen molar-refractivity contribution in [2.24, 2.45) is 21.0 Å². The molecule has 0 fully saturated rings. The van der Waals surface area contributed by atoms with Crippen molar-refractivity contribution in [1.29, 1.82) is 0 Å². The fourth-order valence-electron chi connectivity index (χ4n) is 5.47. The lowest BCUT2D eigenvalue weighted by Crippen LogP contribution is -2.31. The zero-order chi connectivity index (χ0) is 39.8. The van der Waals surface area contributed by atoms with Crippen LogP contribution in [0.1, 0.15) is 52.9 Å². The first-order valence-electron chi connectivity index (χ1n) is 16.2. The highest BCUT2D eigenvalue weighted by atomic mass is 32.2. The molecule has 24 nitrogen and oxygen atoms in total. The second-order valence-corrected chi connectivity index (χ2v) is 15.3. The molecule has 7 rings (SSSR count). The van der Waals surface area contributed by atoms with Crippen molar-refractivity contribution in [1.82, 2.24) is 35.8 Å². The van der Waals surface area contributed by atoms with Crippen molar-refractivity contribution in [2.75, 3.05) is 29.9 Å². The molecule has 26 heteroatoms. The Bertz CT molecular complexity index is 2420. The van der Waals surface area contributed by atoms with Crippen molar-refractivity contribution in [3.05, 3.63) is 97.1 Å². The smallest absolute Gasteiger partial charge is 0.365 e. The van der Waals surface area contributed by atoms with Crippen molar-refractivity contribution in [3.8, 4) is 11.5 Å². The van der Waals surface area contributed by atoms with Crippen LogP contribution in [0.2, 0.25) is 0 Å². The molecule has 0 spiro atoms. The number of nitro groups is 1. The minimum Gasteiger partial charge on any atom is -0.365 e. The van der Waals surface area contributed by atoms with Crippen LogP contribution < -0.4 is 32.6 Å². The molecule has 2 aromatic carbocycles. The van der Waals surface area contributed by atoms with Crippen LogP contribution in [0.25, 0.3) is 11.5 Å². The number of nitrogens with one attached hydrogen (secondary N) is 2. The largest absolute Gasteiger partial charge is 0.446 e. The topological polar surface area (TPSA) is 372 Å². The van der Waals surface area contributed by atoms with E-state index < -0.39 is 36.5 Å². The van der Waals surface area contributed by atoms with E-state index in [1.807, 2.05) is 54.0 Å². The number of nitrogens with zero attached hydrogens (tertiary/aromatic N) is 8. The third kappa shape index (κ3) is 10.2. The fourth-order valence-corrected chi connectivity index (χ4v) is 6.58. The Kier molecular flexibility index (Phi) is 12.8. The van der Waals surface area contributed by atoms with Crippen LogP contribution in [0.15, 0.2) is 72.1 Å². The van der Waals surface area contributed by atoms with E-state index in [-0.39, 0.29) is 52.5 Å². The second-order valence-electron chi connectivity index (χ2n) is 11.9. The molecular formula is C29H35N13O11S2. The van der Waals surface area contributed by atoms with Gasteiger partial charge < -0.3 is 21.2 Å². The second kappa shape index (κ2) is 17.5. The molecule has 0 amide bonds. The number of aromatic nitrogens is 6. The SMILES string of the molecule is NCCCS(N)(=O)=O.NS(=O)(=O)CCCNc1nonc1C(=NC1Cc2ccccc21)NO.O=c1onc(-c2nonc2[N+](=O)[O-])n1C1Cc2ccccc21. The van der Waals surface area contributed by atoms with Gasteiger partial charge in [-0.1, -0.05) is 53.7 Å². The Balaban J connectivity index is 0.000000178. The molecule has 5 aromatic rings. The molecule has 2 unspecified atom stereocenters. The Hall–Kier alpha value is -5.93. The van der Waals surface area contributed by atoms with Gasteiger partial charge >= 0.3 is 11.6 Å². The Morgan fingerprint density at radius 2 is 1.56 bits per heavy atom. The van der Waals surface area contributed by atoms with Gasteiger partial charge in [0, 0.05) is 6.54 Å². The van der Waals surface area contributed by atoms with Gasteiger partial charge in [-0.05, 0) is 74.9 Å². The zero-order valence-electron chi connectivity index (χ0n) is 28.6. The maximum Gasteiger partial charge on any atom is 0.446 e. The molecule has 55 heavy (non-hydrogen) atoms. The third-order valence-electron chi connectivity index (χ3n) is 8.09. The van der Waals surface area contributed by atoms with Gasteiger partial charge in [0.25, 0.3) is 5.69 Å². The number of sulfonamides is 2. The molecule has 2 aliphatic rings. The van der Waals surface area contributed by atoms with Crippen LogP contribution >= 0.6 is 0 Å². The molecule has 0 saturated carbocycles. The highest BCUT2D eigenvalue weighted by Crippen LogP contribution is 2.38. The summed E-state index contributed by atoms with van der Waals surface area (Å²) in [4.78, 5) is 26.6. The van der Waals surface area contributed by atoms with Gasteiger partial charge in [-0.25, -0.2) is 41.1 Å². The van der Waals surface area contributed by atoms with Gasteiger partial charge in [0.2, 0.25) is 31.7 Å². The third-order valence-corrected chi connectivity index (χ3v) is 9.81. The number of benzene rings is 2. The number of fused-ring (bicyclic) bond motifs is 2. The number of anilines is 1. The van der Waals surface area contributed by atoms with E-state index in [1.54, 1.807) is 0 Å². The van der Waals surface area contributed by atoms with Gasteiger partial charge in [-0.15, -0.1) is 4.63 Å². The summed E-state index contributed by atoms with van der Waals surface area (Å²) >= 11 is 0. The van der Waals surface area contributed by atoms with Gasteiger partial charge in [-0.2, -0.15) is 0 Å². The molecule has 0 bridgehead atoms. The van der Waals surface area contributed by atoms with E-state index in [2.05, 4.69) is 50.4 Å². The maximum atomic E-state index is 11.9. The minimum absolute atomic E-state index is 0.0104. The lowest BCUT2D eigenvalue weighted by molar-refractivity contribution is -0.390. The quantitative estimate of drug-likeness (QED) is 0.0293. The number of rotatable bonds is 13. The van der Waals surface area contributed by atoms with E-state index in [9.17, 15) is 37.0 Å². The lowest BCUT2D eigenvalue weighted by atomic mass is 9.83. The molecule has 9 N–H and O–H groups in total. The minimum atomic E-state index is -3.51. The van der Waals surface area contributed by atoms with Crippen molar-refractivity contribution >= 4 is 37.5 Å². The zero-order valence-corrected chi connectivity index (χ0v) is 30.2. The first-order chi connectivity index (χ1) is 26.2. The van der Waals surface area contributed by atoms with Crippen LogP contribution in [0.3, 0.4) is 0 Å². The van der Waals surface area contributed by atoms with E-state index in [4.69, 9.17) is 15.5 Å². The number of primary sulfonamides is 2. The molecule has 0 aliphatic heterocycles. The Morgan fingerprint density at radius 3 is 2.16 bits per heavy atom. The molecule has 0 saturated heterocycles. The summed E-state index contributed by atoms with van der Waals surface area (Å²) in [6.07, 6.45) is 2.10. The standard InChI is InChI=1S/C14H18N6O4S.C12H7N5O5.C3H10N2O2S/c15-25(22,23)7-3-6-16-13-12(19-24-20-13)14(18-21)17-11-8-9-4-1-2-5-10(9)11;18-12-16(8-5-6-3-1-2-4-7(6)8)10(14-21-12)9-11(17(19)20)15-22-13-9;4-2-1-3-8(5,6)7/h1-2,4-5,11,21H,3,6-8H2,(H,16,20)(H,17,18)(H2,15,22,23);1-4,8H,5H2;1-4H2,(H2,5,6,7). The van der Waals surface area contributed by atoms with E-state index in [0.717, 1.165) is 23.1 Å². The van der Waals surface area contributed by atoms with Crippen LogP contribution in [0.4, 0.5) is 11.6 Å². The number of aliphatic imine (C=N–C) groups is 1. The normalized spacial score (nSPS) is 15.8. The fraction of sp³-hybridized carbons (Fsp3) is 0.345. The summed E-state index contributed by atoms with van der Waals surface area (Å²) < 4.78 is 57.0.